The number of likely N-dealkylation sites (tertiary alicyclic amines) is 1. The van der Waals surface area contributed by atoms with E-state index in [4.69, 9.17) is 11.6 Å². The zero-order valence-corrected chi connectivity index (χ0v) is 16.2. The van der Waals surface area contributed by atoms with Gasteiger partial charge in [0.05, 0.1) is 4.34 Å². The minimum atomic E-state index is 0.155. The van der Waals surface area contributed by atoms with Crippen molar-refractivity contribution in [3.05, 3.63) is 56.7 Å². The van der Waals surface area contributed by atoms with Crippen LogP contribution in [0.5, 0.6) is 0 Å². The maximum Gasteiger partial charge on any atom is 0.220 e. The maximum absolute atomic E-state index is 12.2. The third-order valence-corrected chi connectivity index (χ3v) is 6.13. The largest absolute Gasteiger partial charge is 0.353 e. The Hall–Kier alpha value is -1.36. The second-order valence-corrected chi connectivity index (χ2v) is 8.55. The van der Waals surface area contributed by atoms with Gasteiger partial charge in [-0.05, 0) is 49.4 Å². The van der Waals surface area contributed by atoms with E-state index in [1.165, 1.54) is 16.0 Å². The van der Waals surface area contributed by atoms with Gasteiger partial charge in [0.2, 0.25) is 5.91 Å². The Morgan fingerprint density at radius 1 is 1.24 bits per heavy atom. The Morgan fingerprint density at radius 3 is 2.68 bits per heavy atom. The summed E-state index contributed by atoms with van der Waals surface area (Å²) in [5, 5.41) is 3.20. The van der Waals surface area contributed by atoms with Gasteiger partial charge in [0.15, 0.2) is 0 Å². The van der Waals surface area contributed by atoms with E-state index in [-0.39, 0.29) is 5.91 Å². The predicted molar refractivity (Wildman–Crippen MR) is 105 cm³/mol. The molecule has 0 radical (unpaired) electrons. The normalized spacial score (nSPS) is 16.1. The van der Waals surface area contributed by atoms with Gasteiger partial charge in [-0.1, -0.05) is 35.9 Å². The third kappa shape index (κ3) is 5.56. The van der Waals surface area contributed by atoms with E-state index in [2.05, 4.69) is 41.4 Å². The van der Waals surface area contributed by atoms with E-state index in [0.717, 1.165) is 43.2 Å². The van der Waals surface area contributed by atoms with Crippen LogP contribution in [-0.4, -0.2) is 29.9 Å². The minimum Gasteiger partial charge on any atom is -0.353 e. The second-order valence-electron chi connectivity index (χ2n) is 6.75. The van der Waals surface area contributed by atoms with Crippen LogP contribution in [0.25, 0.3) is 0 Å². The number of thiophene rings is 1. The highest BCUT2D eigenvalue weighted by Gasteiger charge is 2.21. The molecule has 1 aliphatic rings. The van der Waals surface area contributed by atoms with E-state index in [1.807, 2.05) is 12.1 Å². The van der Waals surface area contributed by atoms with Crippen molar-refractivity contribution < 1.29 is 4.79 Å². The number of aryl methyl sites for hydroxylation is 2. The average molecular weight is 377 g/mol. The lowest BCUT2D eigenvalue weighted by Gasteiger charge is -2.32. The molecule has 1 amide bonds. The lowest BCUT2D eigenvalue weighted by Crippen LogP contribution is -2.44. The molecule has 0 aliphatic carbocycles. The van der Waals surface area contributed by atoms with Crippen molar-refractivity contribution in [2.75, 3.05) is 13.1 Å². The van der Waals surface area contributed by atoms with Crippen molar-refractivity contribution in [2.24, 2.45) is 0 Å². The first-order chi connectivity index (χ1) is 12.1. The number of piperidine rings is 1. The molecule has 0 unspecified atom stereocenters. The lowest BCUT2D eigenvalue weighted by molar-refractivity contribution is -0.122. The molecule has 0 atom stereocenters. The molecule has 1 aromatic carbocycles. The molecule has 0 saturated carbocycles. The van der Waals surface area contributed by atoms with Crippen molar-refractivity contribution in [1.82, 2.24) is 10.2 Å². The Morgan fingerprint density at radius 2 is 2.00 bits per heavy atom. The predicted octanol–water partition coefficient (Wildman–Crippen LogP) is 4.42. The molecule has 2 aromatic rings. The first kappa shape index (κ1) is 18.4. The number of carbonyl (C=O) groups excluding carboxylic acids is 1. The van der Waals surface area contributed by atoms with Gasteiger partial charge in [0.25, 0.3) is 0 Å². The van der Waals surface area contributed by atoms with Crippen molar-refractivity contribution >= 4 is 28.8 Å². The molecule has 1 aromatic heterocycles. The Labute approximate surface area is 159 Å². The first-order valence-electron chi connectivity index (χ1n) is 8.90. The molecule has 3 nitrogen and oxygen atoms in total. The number of halogens is 1. The van der Waals surface area contributed by atoms with Crippen LogP contribution < -0.4 is 5.32 Å². The molecule has 25 heavy (non-hydrogen) atoms. The summed E-state index contributed by atoms with van der Waals surface area (Å²) >= 11 is 7.48. The maximum atomic E-state index is 12.2. The van der Waals surface area contributed by atoms with E-state index >= 15 is 0 Å². The molecular weight excluding hydrogens is 352 g/mol. The van der Waals surface area contributed by atoms with Gasteiger partial charge in [-0.25, -0.2) is 0 Å². The van der Waals surface area contributed by atoms with Gasteiger partial charge in [-0.15, -0.1) is 11.3 Å². The molecule has 5 heteroatoms. The molecule has 1 aliphatic heterocycles. The van der Waals surface area contributed by atoms with Crippen LogP contribution in [0.15, 0.2) is 36.4 Å². The second kappa shape index (κ2) is 8.84. The highest BCUT2D eigenvalue weighted by atomic mass is 35.5. The van der Waals surface area contributed by atoms with Crippen LogP contribution in [0.4, 0.5) is 0 Å². The van der Waals surface area contributed by atoms with Gasteiger partial charge < -0.3 is 5.32 Å². The van der Waals surface area contributed by atoms with E-state index < -0.39 is 0 Å². The topological polar surface area (TPSA) is 32.3 Å². The van der Waals surface area contributed by atoms with Gasteiger partial charge >= 0.3 is 0 Å². The van der Waals surface area contributed by atoms with Gasteiger partial charge in [-0.3, -0.25) is 9.69 Å². The number of nitrogens with zero attached hydrogens (tertiary/aromatic N) is 1. The van der Waals surface area contributed by atoms with Gasteiger partial charge in [0, 0.05) is 37.0 Å². The number of amides is 1. The zero-order valence-electron chi connectivity index (χ0n) is 14.6. The van der Waals surface area contributed by atoms with Crippen LogP contribution in [0.3, 0.4) is 0 Å². The summed E-state index contributed by atoms with van der Waals surface area (Å²) in [6, 6.07) is 12.8. The summed E-state index contributed by atoms with van der Waals surface area (Å²) < 4.78 is 0.788. The van der Waals surface area contributed by atoms with Crippen LogP contribution in [0.2, 0.25) is 4.34 Å². The fourth-order valence-corrected chi connectivity index (χ4v) is 4.37. The molecule has 1 saturated heterocycles. The third-order valence-electron chi connectivity index (χ3n) is 4.84. The fraction of sp³-hybridized carbons (Fsp3) is 0.450. The highest BCUT2D eigenvalue weighted by molar-refractivity contribution is 7.16. The number of hydrogen-bond acceptors (Lipinski definition) is 3. The number of rotatable bonds is 6. The molecule has 134 valence electrons. The molecular formula is C20H25ClN2OS. The van der Waals surface area contributed by atoms with Crippen molar-refractivity contribution in [2.45, 2.75) is 45.2 Å². The summed E-state index contributed by atoms with van der Waals surface area (Å²) in [6.45, 7) is 5.26. The number of benzene rings is 1. The monoisotopic (exact) mass is 376 g/mol. The Balaban J connectivity index is 1.38. The number of hydrogen-bond donors (Lipinski definition) is 1. The highest BCUT2D eigenvalue weighted by Crippen LogP contribution is 2.22. The molecule has 1 fully saturated rings. The first-order valence-corrected chi connectivity index (χ1v) is 10.1. The van der Waals surface area contributed by atoms with Crippen molar-refractivity contribution in [3.8, 4) is 0 Å². The zero-order chi connectivity index (χ0) is 17.6. The summed E-state index contributed by atoms with van der Waals surface area (Å²) in [5.41, 5.74) is 2.76. The minimum absolute atomic E-state index is 0.155. The van der Waals surface area contributed by atoms with Crippen LogP contribution >= 0.6 is 22.9 Å². The SMILES string of the molecule is Cc1ccccc1CN1CCC(NC(=O)CCc2ccc(Cl)s2)CC1. The van der Waals surface area contributed by atoms with E-state index in [0.29, 0.717) is 12.5 Å². The summed E-state index contributed by atoms with van der Waals surface area (Å²) in [6.07, 6.45) is 3.38. The molecule has 0 bridgehead atoms. The van der Waals surface area contributed by atoms with E-state index in [9.17, 15) is 4.79 Å². The molecule has 1 N–H and O–H groups in total. The number of nitrogens with one attached hydrogen (secondary N) is 1. The van der Waals surface area contributed by atoms with Crippen molar-refractivity contribution in [1.29, 1.82) is 0 Å². The summed E-state index contributed by atoms with van der Waals surface area (Å²) in [4.78, 5) is 15.8. The van der Waals surface area contributed by atoms with Gasteiger partial charge in [0.1, 0.15) is 0 Å². The Bertz CT molecular complexity index is 707. The van der Waals surface area contributed by atoms with Crippen LogP contribution in [-0.2, 0) is 17.8 Å². The molecule has 2 heterocycles. The van der Waals surface area contributed by atoms with Gasteiger partial charge in [-0.2, -0.15) is 0 Å². The fourth-order valence-electron chi connectivity index (χ4n) is 3.29. The van der Waals surface area contributed by atoms with Crippen LogP contribution in [0, 0.1) is 6.92 Å². The summed E-state index contributed by atoms with van der Waals surface area (Å²) in [5.74, 6) is 0.155. The smallest absolute Gasteiger partial charge is 0.220 e. The lowest BCUT2D eigenvalue weighted by atomic mass is 10.0. The Kier molecular flexibility index (Phi) is 6.51. The van der Waals surface area contributed by atoms with Crippen molar-refractivity contribution in [3.63, 3.8) is 0 Å². The summed E-state index contributed by atoms with van der Waals surface area (Å²) in [7, 11) is 0. The standard InChI is InChI=1S/C20H25ClN2OS/c1-15-4-2-3-5-16(15)14-23-12-10-17(11-13-23)22-20(24)9-7-18-6-8-19(21)25-18/h2-6,8,17H,7,9-14H2,1H3,(H,22,24). The van der Waals surface area contributed by atoms with E-state index in [1.54, 1.807) is 11.3 Å². The quantitative estimate of drug-likeness (QED) is 0.809. The number of carbonyl (C=O) groups is 1. The molecule has 3 rings (SSSR count). The van der Waals surface area contributed by atoms with Crippen LogP contribution in [0.1, 0.15) is 35.3 Å². The average Bonchev–Trinajstić information content (AvgIpc) is 3.02. The molecule has 0 spiro atoms.